The van der Waals surface area contributed by atoms with Crippen molar-refractivity contribution in [2.75, 3.05) is 12.4 Å². The van der Waals surface area contributed by atoms with Crippen molar-refractivity contribution in [2.45, 2.75) is 19.5 Å². The van der Waals surface area contributed by atoms with Crippen LogP contribution in [0.25, 0.3) is 28.0 Å². The third-order valence-electron chi connectivity index (χ3n) is 6.49. The van der Waals surface area contributed by atoms with Gasteiger partial charge in [-0.3, -0.25) is 14.2 Å². The number of hydrogen-bond donors (Lipinski definition) is 2. The van der Waals surface area contributed by atoms with Crippen LogP contribution in [0.1, 0.15) is 12.5 Å². The SMILES string of the molecule is CN[C@@H](C)C(=O)Nc1cnc(-c2ccc(F)cc2)n(Cc2cccc3c2ccn3-c2ccc(F)cc2)c1=O. The van der Waals surface area contributed by atoms with Crippen LogP contribution in [0, 0.1) is 11.6 Å². The van der Waals surface area contributed by atoms with Crippen LogP contribution in [-0.2, 0) is 11.3 Å². The molecule has 0 fully saturated rings. The first kappa shape index (κ1) is 25.0. The molecule has 192 valence electrons. The van der Waals surface area contributed by atoms with Crippen LogP contribution in [-0.4, -0.2) is 33.1 Å². The largest absolute Gasteiger partial charge is 0.319 e. The lowest BCUT2D eigenvalue weighted by Gasteiger charge is -2.16. The molecule has 1 atom stereocenters. The van der Waals surface area contributed by atoms with Gasteiger partial charge in [0, 0.05) is 22.8 Å². The Bertz CT molecular complexity index is 1670. The number of nitrogens with one attached hydrogen (secondary N) is 2. The first-order valence-electron chi connectivity index (χ1n) is 12.0. The maximum Gasteiger partial charge on any atom is 0.277 e. The van der Waals surface area contributed by atoms with E-state index in [0.29, 0.717) is 11.4 Å². The lowest BCUT2D eigenvalue weighted by Crippen LogP contribution is -2.38. The van der Waals surface area contributed by atoms with Crippen molar-refractivity contribution in [3.8, 4) is 17.1 Å². The number of rotatable bonds is 7. The lowest BCUT2D eigenvalue weighted by molar-refractivity contribution is -0.117. The molecule has 2 aromatic heterocycles. The maximum absolute atomic E-state index is 13.6. The van der Waals surface area contributed by atoms with E-state index in [1.807, 2.05) is 35.0 Å². The molecule has 0 unspecified atom stereocenters. The van der Waals surface area contributed by atoms with Crippen molar-refractivity contribution < 1.29 is 13.6 Å². The summed E-state index contributed by atoms with van der Waals surface area (Å²) in [5, 5.41) is 6.39. The van der Waals surface area contributed by atoms with Gasteiger partial charge in [0.1, 0.15) is 23.1 Å². The molecule has 38 heavy (non-hydrogen) atoms. The number of carbonyl (C=O) groups is 1. The van der Waals surface area contributed by atoms with Crippen LogP contribution in [0.3, 0.4) is 0 Å². The van der Waals surface area contributed by atoms with Crippen LogP contribution in [0.5, 0.6) is 0 Å². The number of carbonyl (C=O) groups excluding carboxylic acids is 1. The first-order valence-corrected chi connectivity index (χ1v) is 12.0. The standard InChI is InChI=1S/C29H25F2N5O2/c1-18(32-2)28(37)34-25-16-33-27(19-6-8-21(30)9-7-19)36(29(25)38)17-20-4-3-5-26-24(20)14-15-35(26)23-12-10-22(31)11-13-23/h3-16,18,32H,17H2,1-2H3,(H,34,37)/t18-/m0/s1. The fourth-order valence-corrected chi connectivity index (χ4v) is 4.29. The quantitative estimate of drug-likeness (QED) is 0.330. The predicted octanol–water partition coefficient (Wildman–Crippen LogP) is 4.73. The highest BCUT2D eigenvalue weighted by Crippen LogP contribution is 2.26. The van der Waals surface area contributed by atoms with E-state index < -0.39 is 17.4 Å². The molecule has 2 heterocycles. The molecule has 3 aromatic carbocycles. The molecule has 0 bridgehead atoms. The smallest absolute Gasteiger partial charge is 0.277 e. The topological polar surface area (TPSA) is 81.0 Å². The van der Waals surface area contributed by atoms with Crippen molar-refractivity contribution in [3.05, 3.63) is 113 Å². The number of likely N-dealkylation sites (N-methyl/N-ethyl adjacent to an activating group) is 1. The van der Waals surface area contributed by atoms with E-state index >= 15 is 0 Å². The highest BCUT2D eigenvalue weighted by atomic mass is 19.1. The summed E-state index contributed by atoms with van der Waals surface area (Å²) < 4.78 is 30.5. The van der Waals surface area contributed by atoms with Crippen molar-refractivity contribution in [1.29, 1.82) is 0 Å². The molecule has 0 aliphatic heterocycles. The van der Waals surface area contributed by atoms with Crippen molar-refractivity contribution >= 4 is 22.5 Å². The summed E-state index contributed by atoms with van der Waals surface area (Å²) in [5.74, 6) is -0.753. The van der Waals surface area contributed by atoms with E-state index in [1.54, 1.807) is 38.2 Å². The third-order valence-corrected chi connectivity index (χ3v) is 6.49. The van der Waals surface area contributed by atoms with E-state index in [0.717, 1.165) is 22.2 Å². The summed E-state index contributed by atoms with van der Waals surface area (Å²) in [7, 11) is 1.65. The van der Waals surface area contributed by atoms with Crippen LogP contribution < -0.4 is 16.2 Å². The van der Waals surface area contributed by atoms with Gasteiger partial charge in [-0.15, -0.1) is 0 Å². The average molecular weight is 514 g/mol. The molecule has 0 aliphatic rings. The Labute approximate surface area is 217 Å². The number of fused-ring (bicyclic) bond motifs is 1. The number of halogens is 2. The Kier molecular flexibility index (Phi) is 6.85. The normalized spacial score (nSPS) is 12.0. The first-order chi connectivity index (χ1) is 18.4. The van der Waals surface area contributed by atoms with Gasteiger partial charge < -0.3 is 15.2 Å². The second kappa shape index (κ2) is 10.4. The minimum atomic E-state index is -0.514. The number of aromatic nitrogens is 3. The Hall–Kier alpha value is -4.63. The van der Waals surface area contributed by atoms with Gasteiger partial charge >= 0.3 is 0 Å². The van der Waals surface area contributed by atoms with Crippen molar-refractivity contribution in [1.82, 2.24) is 19.4 Å². The van der Waals surface area contributed by atoms with E-state index in [-0.39, 0.29) is 24.0 Å². The Morgan fingerprint density at radius 2 is 1.66 bits per heavy atom. The molecule has 5 rings (SSSR count). The summed E-state index contributed by atoms with van der Waals surface area (Å²) >= 11 is 0. The van der Waals surface area contributed by atoms with Gasteiger partial charge in [-0.05, 0) is 80.2 Å². The second-order valence-corrected chi connectivity index (χ2v) is 8.91. The van der Waals surface area contributed by atoms with Gasteiger partial charge in [0.15, 0.2) is 0 Å². The Morgan fingerprint density at radius 3 is 2.34 bits per heavy atom. The fraction of sp³-hybridized carbons (Fsp3) is 0.138. The zero-order valence-electron chi connectivity index (χ0n) is 20.8. The Balaban J connectivity index is 1.61. The minimum Gasteiger partial charge on any atom is -0.319 e. The van der Waals surface area contributed by atoms with Gasteiger partial charge in [-0.25, -0.2) is 13.8 Å². The van der Waals surface area contributed by atoms with Crippen molar-refractivity contribution in [2.24, 2.45) is 0 Å². The molecule has 5 aromatic rings. The van der Waals surface area contributed by atoms with Gasteiger partial charge in [0.25, 0.3) is 5.56 Å². The zero-order chi connectivity index (χ0) is 26.8. The average Bonchev–Trinajstić information content (AvgIpc) is 3.36. The molecule has 7 nitrogen and oxygen atoms in total. The number of benzene rings is 3. The molecule has 0 radical (unpaired) electrons. The highest BCUT2D eigenvalue weighted by molar-refractivity contribution is 5.94. The van der Waals surface area contributed by atoms with E-state index in [9.17, 15) is 18.4 Å². The monoisotopic (exact) mass is 513 g/mol. The molecule has 0 aliphatic carbocycles. The van der Waals surface area contributed by atoms with Crippen molar-refractivity contribution in [3.63, 3.8) is 0 Å². The molecule has 0 saturated heterocycles. The summed E-state index contributed by atoms with van der Waals surface area (Å²) in [6, 6.07) is 19.1. The molecular formula is C29H25F2N5O2. The third kappa shape index (κ3) is 4.83. The minimum absolute atomic E-state index is 0.0408. The van der Waals surface area contributed by atoms with Crippen LogP contribution in [0.15, 0.2) is 90.0 Å². The summed E-state index contributed by atoms with van der Waals surface area (Å²) in [5.41, 5.74) is 2.67. The van der Waals surface area contributed by atoms with Crippen LogP contribution in [0.4, 0.5) is 14.5 Å². The van der Waals surface area contributed by atoms with Gasteiger partial charge in [0.2, 0.25) is 5.91 Å². The van der Waals surface area contributed by atoms with Gasteiger partial charge in [-0.1, -0.05) is 12.1 Å². The van der Waals surface area contributed by atoms with Gasteiger partial charge in [0.05, 0.1) is 24.3 Å². The number of hydrogen-bond acceptors (Lipinski definition) is 4. The molecule has 9 heteroatoms. The molecule has 1 amide bonds. The summed E-state index contributed by atoms with van der Waals surface area (Å²) in [4.78, 5) is 30.6. The molecule has 0 saturated carbocycles. The van der Waals surface area contributed by atoms with E-state index in [2.05, 4.69) is 15.6 Å². The van der Waals surface area contributed by atoms with Crippen LogP contribution >= 0.6 is 0 Å². The second-order valence-electron chi connectivity index (χ2n) is 8.91. The van der Waals surface area contributed by atoms with Crippen LogP contribution in [0.2, 0.25) is 0 Å². The summed E-state index contributed by atoms with van der Waals surface area (Å²) in [6.45, 7) is 1.83. The molecule has 2 N–H and O–H groups in total. The number of nitrogens with zero attached hydrogens (tertiary/aromatic N) is 3. The van der Waals surface area contributed by atoms with E-state index in [4.69, 9.17) is 0 Å². The maximum atomic E-state index is 13.6. The zero-order valence-corrected chi connectivity index (χ0v) is 20.8. The number of amides is 1. The Morgan fingerprint density at radius 1 is 0.974 bits per heavy atom. The summed E-state index contributed by atoms with van der Waals surface area (Å²) in [6.07, 6.45) is 3.21. The number of anilines is 1. The van der Waals surface area contributed by atoms with Gasteiger partial charge in [-0.2, -0.15) is 0 Å². The predicted molar refractivity (Wildman–Crippen MR) is 143 cm³/mol. The lowest BCUT2D eigenvalue weighted by atomic mass is 10.1. The van der Waals surface area contributed by atoms with E-state index in [1.165, 1.54) is 35.0 Å². The highest BCUT2D eigenvalue weighted by Gasteiger charge is 2.18. The fourth-order valence-electron chi connectivity index (χ4n) is 4.29. The molecular weight excluding hydrogens is 488 g/mol. The molecule has 0 spiro atoms.